The maximum absolute atomic E-state index is 12.2. The minimum Gasteiger partial charge on any atom is -0.493 e. The van der Waals surface area contributed by atoms with E-state index in [1.165, 1.54) is 0 Å². The second-order valence-corrected chi connectivity index (χ2v) is 8.93. The highest BCUT2D eigenvalue weighted by Crippen LogP contribution is 2.29. The van der Waals surface area contributed by atoms with Crippen LogP contribution in [0.4, 0.5) is 4.79 Å². The largest absolute Gasteiger partial charge is 0.493 e. The zero-order chi connectivity index (χ0) is 21.0. The van der Waals surface area contributed by atoms with Gasteiger partial charge in [0.25, 0.3) is 0 Å². The van der Waals surface area contributed by atoms with E-state index in [1.807, 2.05) is 45.0 Å². The highest BCUT2D eigenvalue weighted by atomic mass is 16.6. The van der Waals surface area contributed by atoms with Crippen LogP contribution < -0.4 is 4.74 Å². The van der Waals surface area contributed by atoms with Gasteiger partial charge in [0.15, 0.2) is 0 Å². The highest BCUT2D eigenvalue weighted by Gasteiger charge is 2.30. The van der Waals surface area contributed by atoms with Crippen LogP contribution in [0.1, 0.15) is 59.3 Å². The Morgan fingerprint density at radius 2 is 1.86 bits per heavy atom. The van der Waals surface area contributed by atoms with Crippen molar-refractivity contribution < 1.29 is 18.8 Å². The first-order chi connectivity index (χ1) is 13.7. The van der Waals surface area contributed by atoms with Crippen molar-refractivity contribution in [3.63, 3.8) is 0 Å². The Labute approximate surface area is 172 Å². The molecule has 0 radical (unpaired) electrons. The summed E-state index contributed by atoms with van der Waals surface area (Å²) in [7, 11) is 0. The second kappa shape index (κ2) is 8.84. The van der Waals surface area contributed by atoms with E-state index in [0.717, 1.165) is 24.2 Å². The molecule has 1 aliphatic heterocycles. The van der Waals surface area contributed by atoms with Crippen LogP contribution in [-0.2, 0) is 4.74 Å². The fourth-order valence-electron chi connectivity index (χ4n) is 3.12. The van der Waals surface area contributed by atoms with E-state index in [-0.39, 0.29) is 12.0 Å². The number of rotatable bonds is 5. The molecule has 0 aliphatic carbocycles. The minimum absolute atomic E-state index is 0.156. The predicted molar refractivity (Wildman–Crippen MR) is 110 cm³/mol. The number of aromatic nitrogens is 2. The molecule has 7 heteroatoms. The molecule has 1 aromatic heterocycles. The van der Waals surface area contributed by atoms with Gasteiger partial charge >= 0.3 is 6.09 Å². The third-order valence-corrected chi connectivity index (χ3v) is 4.63. The van der Waals surface area contributed by atoms with E-state index >= 15 is 0 Å². The maximum Gasteiger partial charge on any atom is 0.410 e. The van der Waals surface area contributed by atoms with E-state index in [0.29, 0.717) is 37.3 Å². The first-order valence-corrected chi connectivity index (χ1v) is 10.3. The van der Waals surface area contributed by atoms with Crippen LogP contribution in [-0.4, -0.2) is 46.4 Å². The van der Waals surface area contributed by atoms with Gasteiger partial charge in [-0.05, 0) is 63.8 Å². The fraction of sp³-hybridized carbons (Fsp3) is 0.591. The quantitative estimate of drug-likeness (QED) is 0.710. The zero-order valence-corrected chi connectivity index (χ0v) is 18.0. The van der Waals surface area contributed by atoms with Gasteiger partial charge in [0.1, 0.15) is 11.4 Å². The summed E-state index contributed by atoms with van der Waals surface area (Å²) in [4.78, 5) is 18.5. The molecule has 2 heterocycles. The predicted octanol–water partition coefficient (Wildman–Crippen LogP) is 4.89. The average molecular weight is 402 g/mol. The summed E-state index contributed by atoms with van der Waals surface area (Å²) in [6, 6.07) is 7.73. The first kappa shape index (κ1) is 21.1. The molecule has 3 rings (SSSR count). The molecule has 0 bridgehead atoms. The summed E-state index contributed by atoms with van der Waals surface area (Å²) >= 11 is 0. The molecule has 1 saturated heterocycles. The Kier molecular flexibility index (Phi) is 6.45. The van der Waals surface area contributed by atoms with Crippen LogP contribution in [0.2, 0.25) is 0 Å². The molecule has 2 aromatic rings. The monoisotopic (exact) mass is 401 g/mol. The Morgan fingerprint density at radius 3 is 2.45 bits per heavy atom. The number of carbonyl (C=O) groups is 1. The molecule has 0 unspecified atom stereocenters. The van der Waals surface area contributed by atoms with Crippen LogP contribution in [0.15, 0.2) is 28.8 Å². The summed E-state index contributed by atoms with van der Waals surface area (Å²) in [6.45, 7) is 11.8. The molecule has 29 heavy (non-hydrogen) atoms. The standard InChI is InChI=1S/C22H31N3O4/c1-15(2)14-27-18-8-6-16(7-9-18)19-23-20(29-24-19)17-10-12-25(13-11-17)21(26)28-22(3,4)5/h6-9,15,17H,10-14H2,1-5H3. The third-order valence-electron chi connectivity index (χ3n) is 4.63. The summed E-state index contributed by atoms with van der Waals surface area (Å²) in [6.07, 6.45) is 1.30. The number of hydrogen-bond donors (Lipinski definition) is 0. The van der Waals surface area contributed by atoms with Gasteiger partial charge in [0.05, 0.1) is 6.61 Å². The van der Waals surface area contributed by atoms with E-state index in [2.05, 4.69) is 24.0 Å². The van der Waals surface area contributed by atoms with Gasteiger partial charge in [-0.15, -0.1) is 0 Å². The van der Waals surface area contributed by atoms with Gasteiger partial charge in [-0.2, -0.15) is 4.98 Å². The van der Waals surface area contributed by atoms with Crippen LogP contribution in [0.5, 0.6) is 5.75 Å². The molecule has 0 atom stereocenters. The third kappa shape index (κ3) is 5.95. The number of amides is 1. The van der Waals surface area contributed by atoms with Gasteiger partial charge in [-0.1, -0.05) is 19.0 Å². The SMILES string of the molecule is CC(C)COc1ccc(-c2noc(C3CCN(C(=O)OC(C)(C)C)CC3)n2)cc1. The maximum atomic E-state index is 12.2. The van der Waals surface area contributed by atoms with Crippen molar-refractivity contribution in [2.24, 2.45) is 5.92 Å². The molecule has 0 N–H and O–H groups in total. The number of likely N-dealkylation sites (tertiary alicyclic amines) is 1. The lowest BCUT2D eigenvalue weighted by molar-refractivity contribution is 0.0198. The van der Waals surface area contributed by atoms with E-state index in [4.69, 9.17) is 14.0 Å². The zero-order valence-electron chi connectivity index (χ0n) is 18.0. The number of carbonyl (C=O) groups excluding carboxylic acids is 1. The lowest BCUT2D eigenvalue weighted by Gasteiger charge is -2.32. The number of nitrogens with zero attached hydrogens (tertiary/aromatic N) is 3. The molecule has 1 aromatic carbocycles. The van der Waals surface area contributed by atoms with Crippen molar-refractivity contribution in [2.45, 2.75) is 59.0 Å². The topological polar surface area (TPSA) is 77.7 Å². The average Bonchev–Trinajstić information content (AvgIpc) is 3.16. The second-order valence-electron chi connectivity index (χ2n) is 8.93. The lowest BCUT2D eigenvalue weighted by Crippen LogP contribution is -2.41. The smallest absolute Gasteiger partial charge is 0.410 e. The Hall–Kier alpha value is -2.57. The van der Waals surface area contributed by atoms with Crippen molar-refractivity contribution in [3.05, 3.63) is 30.2 Å². The van der Waals surface area contributed by atoms with Gasteiger partial charge < -0.3 is 18.9 Å². The lowest BCUT2D eigenvalue weighted by atomic mass is 9.97. The fourth-order valence-corrected chi connectivity index (χ4v) is 3.12. The van der Waals surface area contributed by atoms with Crippen LogP contribution in [0, 0.1) is 5.92 Å². The molecule has 1 aliphatic rings. The number of hydrogen-bond acceptors (Lipinski definition) is 6. The summed E-state index contributed by atoms with van der Waals surface area (Å²) in [5.41, 5.74) is 0.410. The molecule has 158 valence electrons. The number of benzene rings is 1. The van der Waals surface area contributed by atoms with Crippen LogP contribution >= 0.6 is 0 Å². The molecular formula is C22H31N3O4. The van der Waals surface area contributed by atoms with E-state index < -0.39 is 5.60 Å². The first-order valence-electron chi connectivity index (χ1n) is 10.3. The van der Waals surface area contributed by atoms with Crippen molar-refractivity contribution in [2.75, 3.05) is 19.7 Å². The normalized spacial score (nSPS) is 15.6. The van der Waals surface area contributed by atoms with Crippen molar-refractivity contribution in [3.8, 4) is 17.1 Å². The molecule has 1 fully saturated rings. The minimum atomic E-state index is -0.481. The molecule has 7 nitrogen and oxygen atoms in total. The molecule has 0 saturated carbocycles. The van der Waals surface area contributed by atoms with E-state index in [1.54, 1.807) is 4.90 Å². The number of piperidine rings is 1. The molecule has 1 amide bonds. The molecule has 0 spiro atoms. The Bertz CT molecular complexity index is 800. The number of ether oxygens (including phenoxy) is 2. The van der Waals surface area contributed by atoms with Crippen molar-refractivity contribution in [1.29, 1.82) is 0 Å². The van der Waals surface area contributed by atoms with Gasteiger partial charge in [0.2, 0.25) is 11.7 Å². The summed E-state index contributed by atoms with van der Waals surface area (Å²) < 4.78 is 16.7. The van der Waals surface area contributed by atoms with Crippen molar-refractivity contribution in [1.82, 2.24) is 15.0 Å². The Morgan fingerprint density at radius 1 is 1.21 bits per heavy atom. The summed E-state index contributed by atoms with van der Waals surface area (Å²) in [5, 5.41) is 4.14. The van der Waals surface area contributed by atoms with Gasteiger partial charge in [-0.3, -0.25) is 0 Å². The van der Waals surface area contributed by atoms with E-state index in [9.17, 15) is 4.79 Å². The summed E-state index contributed by atoms with van der Waals surface area (Å²) in [5.74, 6) is 2.68. The Balaban J connectivity index is 1.56. The van der Waals surface area contributed by atoms with Gasteiger partial charge in [0, 0.05) is 24.6 Å². The van der Waals surface area contributed by atoms with Crippen molar-refractivity contribution >= 4 is 6.09 Å². The van der Waals surface area contributed by atoms with Crippen LogP contribution in [0.25, 0.3) is 11.4 Å². The highest BCUT2D eigenvalue weighted by molar-refractivity contribution is 5.68. The van der Waals surface area contributed by atoms with Gasteiger partial charge in [-0.25, -0.2) is 4.79 Å². The molecular weight excluding hydrogens is 370 g/mol. The van der Waals surface area contributed by atoms with Crippen LogP contribution in [0.3, 0.4) is 0 Å².